The summed E-state index contributed by atoms with van der Waals surface area (Å²) in [6, 6.07) is 7.62. The minimum atomic E-state index is 0. The standard InChI is InChI=1S/C12H18N2O.ClH/c1-3-9(2)12(15)14-11-6-4-5-10(7-11)8-13;/h4-7,9H,3,8,13H2,1-2H3,(H,14,15);1H. The molecule has 16 heavy (non-hydrogen) atoms. The maximum Gasteiger partial charge on any atom is 0.227 e. The number of halogens is 1. The summed E-state index contributed by atoms with van der Waals surface area (Å²) in [6.45, 7) is 4.41. The Kier molecular flexibility index (Phi) is 6.77. The number of nitrogens with two attached hydrogens (primary N) is 1. The van der Waals surface area contributed by atoms with Crippen molar-refractivity contribution in [2.24, 2.45) is 11.7 Å². The van der Waals surface area contributed by atoms with Crippen LogP contribution in [0.5, 0.6) is 0 Å². The van der Waals surface area contributed by atoms with Crippen molar-refractivity contribution in [1.82, 2.24) is 0 Å². The summed E-state index contributed by atoms with van der Waals surface area (Å²) in [5.41, 5.74) is 7.37. The van der Waals surface area contributed by atoms with Gasteiger partial charge in [-0.2, -0.15) is 0 Å². The molecule has 1 aromatic rings. The van der Waals surface area contributed by atoms with Crippen molar-refractivity contribution in [3.63, 3.8) is 0 Å². The van der Waals surface area contributed by atoms with Crippen LogP contribution in [0.1, 0.15) is 25.8 Å². The number of hydrogen-bond acceptors (Lipinski definition) is 2. The monoisotopic (exact) mass is 242 g/mol. The zero-order valence-electron chi connectivity index (χ0n) is 9.69. The van der Waals surface area contributed by atoms with E-state index in [1.54, 1.807) is 0 Å². The Hall–Kier alpha value is -1.06. The van der Waals surface area contributed by atoms with Crippen molar-refractivity contribution >= 4 is 24.0 Å². The molecular weight excluding hydrogens is 224 g/mol. The number of benzene rings is 1. The van der Waals surface area contributed by atoms with Gasteiger partial charge in [0.05, 0.1) is 0 Å². The fourth-order valence-electron chi connectivity index (χ4n) is 1.23. The molecule has 4 heteroatoms. The number of nitrogens with one attached hydrogen (secondary N) is 1. The highest BCUT2D eigenvalue weighted by Gasteiger charge is 2.10. The third-order valence-corrected chi connectivity index (χ3v) is 2.49. The first kappa shape index (κ1) is 14.9. The molecule has 0 saturated heterocycles. The number of amides is 1. The van der Waals surface area contributed by atoms with E-state index < -0.39 is 0 Å². The maximum atomic E-state index is 11.6. The molecule has 1 rings (SSSR count). The van der Waals surface area contributed by atoms with E-state index in [1.165, 1.54) is 0 Å². The molecule has 0 aliphatic heterocycles. The van der Waals surface area contributed by atoms with Gasteiger partial charge in [-0.25, -0.2) is 0 Å². The molecule has 1 unspecified atom stereocenters. The Morgan fingerprint density at radius 2 is 2.19 bits per heavy atom. The molecule has 0 spiro atoms. The van der Waals surface area contributed by atoms with Gasteiger partial charge in [-0.05, 0) is 24.1 Å². The number of carbonyl (C=O) groups excluding carboxylic acids is 1. The lowest BCUT2D eigenvalue weighted by atomic mass is 10.1. The van der Waals surface area contributed by atoms with Crippen LogP contribution in [0.3, 0.4) is 0 Å². The quantitative estimate of drug-likeness (QED) is 0.853. The van der Waals surface area contributed by atoms with Crippen molar-refractivity contribution in [1.29, 1.82) is 0 Å². The van der Waals surface area contributed by atoms with E-state index in [2.05, 4.69) is 5.32 Å². The molecular formula is C12H19ClN2O. The van der Waals surface area contributed by atoms with Gasteiger partial charge < -0.3 is 11.1 Å². The van der Waals surface area contributed by atoms with Gasteiger partial charge in [0.2, 0.25) is 5.91 Å². The summed E-state index contributed by atoms with van der Waals surface area (Å²) in [5, 5.41) is 2.87. The summed E-state index contributed by atoms with van der Waals surface area (Å²) < 4.78 is 0. The first-order valence-corrected chi connectivity index (χ1v) is 5.27. The van der Waals surface area contributed by atoms with Gasteiger partial charge in [-0.1, -0.05) is 26.0 Å². The van der Waals surface area contributed by atoms with Crippen molar-refractivity contribution in [2.45, 2.75) is 26.8 Å². The fourth-order valence-corrected chi connectivity index (χ4v) is 1.23. The van der Waals surface area contributed by atoms with E-state index >= 15 is 0 Å². The molecule has 0 saturated carbocycles. The Labute approximate surface area is 103 Å². The Bertz CT molecular complexity index is 342. The van der Waals surface area contributed by atoms with E-state index in [9.17, 15) is 4.79 Å². The fraction of sp³-hybridized carbons (Fsp3) is 0.417. The first-order valence-electron chi connectivity index (χ1n) is 5.27. The lowest BCUT2D eigenvalue weighted by molar-refractivity contribution is -0.119. The Morgan fingerprint density at radius 1 is 1.50 bits per heavy atom. The Morgan fingerprint density at radius 3 is 2.75 bits per heavy atom. The molecule has 1 amide bonds. The van der Waals surface area contributed by atoms with Gasteiger partial charge in [0.1, 0.15) is 0 Å². The first-order chi connectivity index (χ1) is 7.17. The molecule has 3 nitrogen and oxygen atoms in total. The van der Waals surface area contributed by atoms with Crippen LogP contribution in [-0.4, -0.2) is 5.91 Å². The van der Waals surface area contributed by atoms with Gasteiger partial charge in [-0.3, -0.25) is 4.79 Å². The highest BCUT2D eigenvalue weighted by molar-refractivity contribution is 5.92. The molecule has 0 aliphatic rings. The number of carbonyl (C=O) groups is 1. The second-order valence-corrected chi connectivity index (χ2v) is 3.70. The summed E-state index contributed by atoms with van der Waals surface area (Å²) >= 11 is 0. The van der Waals surface area contributed by atoms with Crippen molar-refractivity contribution in [3.05, 3.63) is 29.8 Å². The van der Waals surface area contributed by atoms with Crippen molar-refractivity contribution < 1.29 is 4.79 Å². The van der Waals surface area contributed by atoms with Gasteiger partial charge in [0.15, 0.2) is 0 Å². The average molecular weight is 243 g/mol. The topological polar surface area (TPSA) is 55.1 Å². The van der Waals surface area contributed by atoms with Crippen molar-refractivity contribution in [3.8, 4) is 0 Å². The average Bonchev–Trinajstić information content (AvgIpc) is 2.28. The Balaban J connectivity index is 0.00000225. The predicted molar refractivity (Wildman–Crippen MR) is 69.7 cm³/mol. The van der Waals surface area contributed by atoms with Crippen LogP contribution in [0.2, 0.25) is 0 Å². The van der Waals surface area contributed by atoms with Crippen LogP contribution in [0.15, 0.2) is 24.3 Å². The molecule has 1 atom stereocenters. The second-order valence-electron chi connectivity index (χ2n) is 3.70. The van der Waals surface area contributed by atoms with E-state index in [-0.39, 0.29) is 24.2 Å². The summed E-state index contributed by atoms with van der Waals surface area (Å²) in [7, 11) is 0. The molecule has 0 heterocycles. The molecule has 90 valence electrons. The van der Waals surface area contributed by atoms with E-state index in [4.69, 9.17) is 5.73 Å². The van der Waals surface area contributed by atoms with E-state index in [0.29, 0.717) is 6.54 Å². The predicted octanol–water partition coefficient (Wildman–Crippen LogP) is 2.55. The molecule has 3 N–H and O–H groups in total. The molecule has 0 aliphatic carbocycles. The second kappa shape index (κ2) is 7.25. The zero-order valence-corrected chi connectivity index (χ0v) is 10.5. The smallest absolute Gasteiger partial charge is 0.227 e. The highest BCUT2D eigenvalue weighted by Crippen LogP contribution is 2.12. The summed E-state index contributed by atoms with van der Waals surface area (Å²) in [5.74, 6) is 0.109. The zero-order chi connectivity index (χ0) is 11.3. The SMILES string of the molecule is CCC(C)C(=O)Nc1cccc(CN)c1.Cl. The van der Waals surface area contributed by atoms with E-state index in [1.807, 2.05) is 38.1 Å². The maximum absolute atomic E-state index is 11.6. The summed E-state index contributed by atoms with van der Waals surface area (Å²) in [4.78, 5) is 11.6. The molecule has 0 bridgehead atoms. The third-order valence-electron chi connectivity index (χ3n) is 2.49. The molecule has 0 fully saturated rings. The minimum absolute atomic E-state index is 0. The lowest BCUT2D eigenvalue weighted by Gasteiger charge is -2.10. The molecule has 1 aromatic carbocycles. The van der Waals surface area contributed by atoms with Gasteiger partial charge in [0.25, 0.3) is 0 Å². The number of anilines is 1. The number of rotatable bonds is 4. The van der Waals surface area contributed by atoms with E-state index in [0.717, 1.165) is 17.7 Å². The van der Waals surface area contributed by atoms with Crippen LogP contribution in [-0.2, 0) is 11.3 Å². The van der Waals surface area contributed by atoms with Crippen LogP contribution < -0.4 is 11.1 Å². The number of hydrogen-bond donors (Lipinski definition) is 2. The van der Waals surface area contributed by atoms with Crippen LogP contribution in [0, 0.1) is 5.92 Å². The van der Waals surface area contributed by atoms with Crippen LogP contribution in [0.4, 0.5) is 5.69 Å². The largest absolute Gasteiger partial charge is 0.326 e. The third kappa shape index (κ3) is 4.21. The van der Waals surface area contributed by atoms with Crippen LogP contribution >= 0.6 is 12.4 Å². The molecule has 0 aromatic heterocycles. The normalized spacial score (nSPS) is 11.4. The van der Waals surface area contributed by atoms with Gasteiger partial charge in [-0.15, -0.1) is 12.4 Å². The highest BCUT2D eigenvalue weighted by atomic mass is 35.5. The van der Waals surface area contributed by atoms with Gasteiger partial charge >= 0.3 is 0 Å². The van der Waals surface area contributed by atoms with Crippen LogP contribution in [0.25, 0.3) is 0 Å². The summed E-state index contributed by atoms with van der Waals surface area (Å²) in [6.07, 6.45) is 0.850. The molecule has 0 radical (unpaired) electrons. The van der Waals surface area contributed by atoms with Gasteiger partial charge in [0, 0.05) is 18.2 Å². The minimum Gasteiger partial charge on any atom is -0.326 e. The lowest BCUT2D eigenvalue weighted by Crippen LogP contribution is -2.19. The van der Waals surface area contributed by atoms with Crippen molar-refractivity contribution in [2.75, 3.05) is 5.32 Å².